The number of hydrogen-bond donors (Lipinski definition) is 0. The summed E-state index contributed by atoms with van der Waals surface area (Å²) in [5.41, 5.74) is 0. The third-order valence-electron chi connectivity index (χ3n) is 1.78. The van der Waals surface area contributed by atoms with Crippen LogP contribution in [0.15, 0.2) is 32.5 Å². The topological polar surface area (TPSA) is 86.2 Å². The van der Waals surface area contributed by atoms with Crippen molar-refractivity contribution in [2.45, 2.75) is 12.1 Å². The highest BCUT2D eigenvalue weighted by molar-refractivity contribution is 7.91. The molecule has 0 aliphatic rings. The molecule has 0 aliphatic carbocycles. The minimum absolute atomic E-state index is 0.0621. The zero-order valence-electron chi connectivity index (χ0n) is 7.87. The Kier molecular flexibility index (Phi) is 2.31. The molecular formula is C8H8N2O4S. The molecule has 2 rings (SSSR count). The fourth-order valence-corrected chi connectivity index (χ4v) is 1.58. The van der Waals surface area contributed by atoms with E-state index >= 15 is 0 Å². The molecule has 2 heterocycles. The van der Waals surface area contributed by atoms with Crippen LogP contribution in [0.2, 0.25) is 0 Å². The van der Waals surface area contributed by atoms with Gasteiger partial charge in [-0.05, 0) is 12.1 Å². The van der Waals surface area contributed by atoms with E-state index in [0.717, 1.165) is 0 Å². The molecule has 15 heavy (non-hydrogen) atoms. The van der Waals surface area contributed by atoms with Crippen LogP contribution in [0.5, 0.6) is 0 Å². The van der Waals surface area contributed by atoms with Gasteiger partial charge in [-0.2, -0.15) is 0 Å². The molecule has 6 nitrogen and oxygen atoms in total. The van der Waals surface area contributed by atoms with E-state index in [1.807, 2.05) is 0 Å². The summed E-state index contributed by atoms with van der Waals surface area (Å²) in [6, 6.07) is 3.25. The highest BCUT2D eigenvalue weighted by atomic mass is 32.2. The van der Waals surface area contributed by atoms with Crippen molar-refractivity contribution < 1.29 is 17.3 Å². The van der Waals surface area contributed by atoms with Crippen molar-refractivity contribution in [3.63, 3.8) is 0 Å². The molecule has 0 N–H and O–H groups in total. The summed E-state index contributed by atoms with van der Waals surface area (Å²) in [6.45, 7) is 1.51. The van der Waals surface area contributed by atoms with E-state index in [0.29, 0.717) is 5.76 Å². The molecule has 0 fully saturated rings. The van der Waals surface area contributed by atoms with Gasteiger partial charge < -0.3 is 8.83 Å². The van der Waals surface area contributed by atoms with Gasteiger partial charge in [0, 0.05) is 0 Å². The highest BCUT2D eigenvalue weighted by Crippen LogP contribution is 2.20. The Morgan fingerprint density at radius 1 is 1.40 bits per heavy atom. The van der Waals surface area contributed by atoms with Gasteiger partial charge in [0.1, 0.15) is 0 Å². The normalized spacial score (nSPS) is 11.8. The molecule has 0 aliphatic heterocycles. The van der Waals surface area contributed by atoms with Crippen LogP contribution in [0.25, 0.3) is 11.7 Å². The van der Waals surface area contributed by atoms with Crippen molar-refractivity contribution in [3.8, 4) is 11.7 Å². The SMILES string of the molecule is CCS(=O)(=O)c1nnc(-c2ccco2)o1. The second-order valence-electron chi connectivity index (χ2n) is 2.75. The monoisotopic (exact) mass is 228 g/mol. The Bertz CT molecular complexity index is 541. The summed E-state index contributed by atoms with van der Waals surface area (Å²) in [6.07, 6.45) is 1.44. The van der Waals surface area contributed by atoms with Crippen LogP contribution in [0.3, 0.4) is 0 Å². The van der Waals surface area contributed by atoms with E-state index in [1.54, 1.807) is 12.1 Å². The second kappa shape index (κ2) is 3.50. The van der Waals surface area contributed by atoms with Crippen LogP contribution >= 0.6 is 0 Å². The molecule has 0 aromatic carbocycles. The predicted molar refractivity (Wildman–Crippen MR) is 49.7 cm³/mol. The molecule has 7 heteroatoms. The molecule has 0 amide bonds. The summed E-state index contributed by atoms with van der Waals surface area (Å²) >= 11 is 0. The maximum absolute atomic E-state index is 11.4. The second-order valence-corrected chi connectivity index (χ2v) is 4.91. The Hall–Kier alpha value is -1.63. The first-order valence-electron chi connectivity index (χ1n) is 4.23. The molecule has 80 valence electrons. The summed E-state index contributed by atoms with van der Waals surface area (Å²) in [4.78, 5) is 0. The van der Waals surface area contributed by atoms with Crippen molar-refractivity contribution in [1.29, 1.82) is 0 Å². The Morgan fingerprint density at radius 3 is 2.80 bits per heavy atom. The number of sulfone groups is 1. The first-order valence-corrected chi connectivity index (χ1v) is 5.89. The fraction of sp³-hybridized carbons (Fsp3) is 0.250. The minimum Gasteiger partial charge on any atom is -0.459 e. The Morgan fingerprint density at radius 2 is 2.20 bits per heavy atom. The van der Waals surface area contributed by atoms with Crippen molar-refractivity contribution in [2.75, 3.05) is 5.75 Å². The average Bonchev–Trinajstić information content (AvgIpc) is 2.88. The van der Waals surface area contributed by atoms with Crippen LogP contribution in [0.1, 0.15) is 6.92 Å². The van der Waals surface area contributed by atoms with Gasteiger partial charge in [0.05, 0.1) is 12.0 Å². The van der Waals surface area contributed by atoms with Crippen LogP contribution < -0.4 is 0 Å². The van der Waals surface area contributed by atoms with Crippen molar-refractivity contribution in [3.05, 3.63) is 18.4 Å². The Labute approximate surface area is 85.8 Å². The average molecular weight is 228 g/mol. The van der Waals surface area contributed by atoms with Crippen molar-refractivity contribution >= 4 is 9.84 Å². The zero-order chi connectivity index (χ0) is 10.9. The maximum atomic E-state index is 11.4. The van der Waals surface area contributed by atoms with E-state index in [2.05, 4.69) is 10.2 Å². The fourth-order valence-electron chi connectivity index (χ4n) is 0.959. The van der Waals surface area contributed by atoms with E-state index in [4.69, 9.17) is 8.83 Å². The van der Waals surface area contributed by atoms with E-state index in [1.165, 1.54) is 13.2 Å². The predicted octanol–water partition coefficient (Wildman–Crippen LogP) is 1.12. The molecule has 0 radical (unpaired) electrons. The smallest absolute Gasteiger partial charge is 0.335 e. The number of rotatable bonds is 3. The summed E-state index contributed by atoms with van der Waals surface area (Å²) in [7, 11) is -3.45. The minimum atomic E-state index is -3.45. The van der Waals surface area contributed by atoms with Gasteiger partial charge in [-0.1, -0.05) is 12.0 Å². The van der Waals surface area contributed by atoms with Gasteiger partial charge >= 0.3 is 5.22 Å². The van der Waals surface area contributed by atoms with E-state index in [-0.39, 0.29) is 16.9 Å². The van der Waals surface area contributed by atoms with E-state index in [9.17, 15) is 8.42 Å². The van der Waals surface area contributed by atoms with E-state index < -0.39 is 9.84 Å². The van der Waals surface area contributed by atoms with Gasteiger partial charge in [0.25, 0.3) is 5.89 Å². The molecule has 0 saturated heterocycles. The highest BCUT2D eigenvalue weighted by Gasteiger charge is 2.21. The lowest BCUT2D eigenvalue weighted by Gasteiger charge is -1.90. The lowest BCUT2D eigenvalue weighted by Crippen LogP contribution is -2.03. The van der Waals surface area contributed by atoms with Gasteiger partial charge in [0.15, 0.2) is 5.76 Å². The van der Waals surface area contributed by atoms with Gasteiger partial charge in [-0.15, -0.1) is 5.10 Å². The summed E-state index contributed by atoms with van der Waals surface area (Å²) in [5.74, 6) is 0.333. The zero-order valence-corrected chi connectivity index (χ0v) is 8.69. The molecule has 2 aromatic rings. The third kappa shape index (κ3) is 1.78. The largest absolute Gasteiger partial charge is 0.459 e. The molecular weight excluding hydrogens is 220 g/mol. The molecule has 0 bridgehead atoms. The molecule has 0 saturated carbocycles. The lowest BCUT2D eigenvalue weighted by atomic mass is 10.5. The standard InChI is InChI=1S/C8H8N2O4S/c1-2-15(11,12)8-10-9-7(14-8)6-4-3-5-13-6/h3-5H,2H2,1H3. The molecule has 0 unspecified atom stereocenters. The molecule has 0 atom stereocenters. The number of furan rings is 1. The van der Waals surface area contributed by atoms with Gasteiger partial charge in [-0.25, -0.2) is 8.42 Å². The van der Waals surface area contributed by atoms with Crippen molar-refractivity contribution in [2.24, 2.45) is 0 Å². The number of hydrogen-bond acceptors (Lipinski definition) is 6. The number of nitrogens with zero attached hydrogens (tertiary/aromatic N) is 2. The summed E-state index contributed by atoms with van der Waals surface area (Å²) in [5, 5.41) is 6.66. The van der Waals surface area contributed by atoms with Crippen LogP contribution in [0, 0.1) is 0 Å². The van der Waals surface area contributed by atoms with Gasteiger partial charge in [0.2, 0.25) is 9.84 Å². The molecule has 0 spiro atoms. The molecule has 2 aromatic heterocycles. The summed E-state index contributed by atoms with van der Waals surface area (Å²) < 4.78 is 32.7. The Balaban J connectivity index is 2.41. The lowest BCUT2D eigenvalue weighted by molar-refractivity contribution is 0.427. The quantitative estimate of drug-likeness (QED) is 0.782. The van der Waals surface area contributed by atoms with Gasteiger partial charge in [-0.3, -0.25) is 0 Å². The van der Waals surface area contributed by atoms with Crippen LogP contribution in [-0.2, 0) is 9.84 Å². The van der Waals surface area contributed by atoms with Crippen LogP contribution in [-0.4, -0.2) is 24.4 Å². The maximum Gasteiger partial charge on any atom is 0.335 e. The number of aromatic nitrogens is 2. The third-order valence-corrected chi connectivity index (χ3v) is 3.24. The van der Waals surface area contributed by atoms with Crippen LogP contribution in [0.4, 0.5) is 0 Å². The first kappa shape index (κ1) is 9.91. The first-order chi connectivity index (χ1) is 7.13. The van der Waals surface area contributed by atoms with Crippen molar-refractivity contribution in [1.82, 2.24) is 10.2 Å².